The molecule has 1 atom stereocenters. The van der Waals surface area contributed by atoms with Crippen LogP contribution in [-0.2, 0) is 11.2 Å². The molecule has 170 valence electrons. The Labute approximate surface area is 189 Å². The van der Waals surface area contributed by atoms with Crippen molar-refractivity contribution in [2.45, 2.75) is 74.0 Å². The molecule has 0 bridgehead atoms. The van der Waals surface area contributed by atoms with Gasteiger partial charge in [-0.05, 0) is 83.0 Å². The Hall–Kier alpha value is -2.93. The highest BCUT2D eigenvalue weighted by molar-refractivity contribution is 5.68. The van der Waals surface area contributed by atoms with Crippen molar-refractivity contribution < 1.29 is 14.3 Å². The van der Waals surface area contributed by atoms with Crippen molar-refractivity contribution in [3.05, 3.63) is 65.2 Å². The molecule has 2 aromatic rings. The van der Waals surface area contributed by atoms with E-state index in [9.17, 15) is 4.79 Å². The van der Waals surface area contributed by atoms with Gasteiger partial charge in [-0.15, -0.1) is 0 Å². The first-order valence-electron chi connectivity index (χ1n) is 10.6. The Bertz CT molecular complexity index is 822. The quantitative estimate of drug-likeness (QED) is 0.549. The number of hydrogen-bond acceptors (Lipinski definition) is 3. The lowest BCUT2D eigenvalue weighted by molar-refractivity contribution is 0.0508. The van der Waals surface area contributed by atoms with Gasteiger partial charge in [-0.2, -0.15) is 0 Å². The van der Waals surface area contributed by atoms with Crippen molar-refractivity contribution in [2.75, 3.05) is 6.61 Å². The van der Waals surface area contributed by atoms with Crippen molar-refractivity contribution in [1.29, 1.82) is 0 Å². The molecule has 1 amide bonds. The Morgan fingerprint density at radius 1 is 0.968 bits per heavy atom. The molecule has 0 radical (unpaired) electrons. The van der Waals surface area contributed by atoms with Crippen LogP contribution < -0.4 is 10.1 Å². The number of hydrogen-bond donors (Lipinski definition) is 1. The molecule has 2 rings (SSSR count). The van der Waals surface area contributed by atoms with E-state index in [4.69, 9.17) is 9.47 Å². The van der Waals surface area contributed by atoms with E-state index in [1.807, 2.05) is 97.0 Å². The van der Waals surface area contributed by atoms with Crippen molar-refractivity contribution in [3.8, 4) is 17.6 Å². The lowest BCUT2D eigenvalue weighted by Crippen LogP contribution is -2.38. The molecule has 4 nitrogen and oxygen atoms in total. The van der Waals surface area contributed by atoms with Gasteiger partial charge in [-0.3, -0.25) is 0 Å². The predicted molar refractivity (Wildman–Crippen MR) is 131 cm³/mol. The van der Waals surface area contributed by atoms with Crippen LogP contribution in [0.4, 0.5) is 4.79 Å². The maximum absolute atomic E-state index is 11.8. The molecule has 0 aromatic heterocycles. The number of nitrogens with one attached hydrogen (secondary N) is 1. The summed E-state index contributed by atoms with van der Waals surface area (Å²) >= 11 is 0. The molecule has 0 saturated carbocycles. The molecule has 0 heterocycles. The summed E-state index contributed by atoms with van der Waals surface area (Å²) in [5.41, 5.74) is 2.54. The second-order valence-electron chi connectivity index (χ2n) is 7.66. The Morgan fingerprint density at radius 2 is 1.45 bits per heavy atom. The van der Waals surface area contributed by atoms with E-state index in [-0.39, 0.29) is 13.5 Å². The normalized spacial score (nSPS) is 10.8. The first-order valence-corrected chi connectivity index (χ1v) is 10.6. The average Bonchev–Trinajstić information content (AvgIpc) is 2.69. The number of amides is 1. The number of ether oxygens (including phenoxy) is 2. The van der Waals surface area contributed by atoms with Crippen LogP contribution in [0.1, 0.15) is 72.6 Å². The largest absolute Gasteiger partial charge is 0.494 e. The monoisotopic (exact) mass is 425 g/mol. The van der Waals surface area contributed by atoms with Crippen molar-refractivity contribution in [3.63, 3.8) is 0 Å². The fraction of sp³-hybridized carbons (Fsp3) is 0.444. The Kier molecular flexibility index (Phi) is 12.8. The van der Waals surface area contributed by atoms with Gasteiger partial charge in [0.15, 0.2) is 0 Å². The summed E-state index contributed by atoms with van der Waals surface area (Å²) < 4.78 is 10.7. The van der Waals surface area contributed by atoms with Crippen LogP contribution in [0.5, 0.6) is 5.75 Å². The third-order valence-electron chi connectivity index (χ3n) is 3.78. The summed E-state index contributed by atoms with van der Waals surface area (Å²) in [6, 6.07) is 15.8. The molecule has 0 aliphatic rings. The highest BCUT2D eigenvalue weighted by Gasteiger charge is 2.17. The number of carbonyl (C=O) groups is 1. The minimum atomic E-state index is -0.493. The van der Waals surface area contributed by atoms with Gasteiger partial charge in [-0.25, -0.2) is 4.79 Å². The van der Waals surface area contributed by atoms with Crippen LogP contribution in [0.3, 0.4) is 0 Å². The lowest BCUT2D eigenvalue weighted by Gasteiger charge is -2.22. The Morgan fingerprint density at radius 3 is 1.90 bits per heavy atom. The molecule has 31 heavy (non-hydrogen) atoms. The summed E-state index contributed by atoms with van der Waals surface area (Å²) in [7, 11) is 0. The molecule has 1 unspecified atom stereocenters. The molecule has 0 aliphatic heterocycles. The zero-order chi connectivity index (χ0) is 22.6. The number of rotatable bonds is 5. The number of benzene rings is 2. The van der Waals surface area contributed by atoms with Gasteiger partial charge in [0.25, 0.3) is 0 Å². The first-order chi connectivity index (χ1) is 14.2. The minimum absolute atomic E-state index is 0. The topological polar surface area (TPSA) is 47.6 Å². The summed E-state index contributed by atoms with van der Waals surface area (Å²) in [6.07, 6.45) is 0.337. The standard InChI is InChI=1S/C24H29NO3.C2H6.CH4/c1-6-27-22-15-13-20(14-16-22)8-7-19-9-11-21(12-10-19)17-18(2)25-23(26)28-24(3,4)5;1-2;/h9-16,18H,6,17H2,1-5H3,(H,25,26);1-2H3;1H4. The third kappa shape index (κ3) is 11.7. The Balaban J connectivity index is 0.00000291. The SMILES string of the molecule is C.CC.CCOc1ccc(C#Cc2ccc(CC(C)NC(=O)OC(C)(C)C)cc2)cc1. The van der Waals surface area contributed by atoms with E-state index < -0.39 is 11.7 Å². The fourth-order valence-electron chi connectivity index (χ4n) is 2.58. The summed E-state index contributed by atoms with van der Waals surface area (Å²) in [4.78, 5) is 11.8. The van der Waals surface area contributed by atoms with E-state index >= 15 is 0 Å². The summed E-state index contributed by atoms with van der Waals surface area (Å²) in [6.45, 7) is 14.1. The average molecular weight is 426 g/mol. The molecular formula is C27H39NO3. The molecule has 0 saturated heterocycles. The minimum Gasteiger partial charge on any atom is -0.494 e. The van der Waals surface area contributed by atoms with E-state index in [1.54, 1.807) is 0 Å². The molecule has 1 N–H and O–H groups in total. The fourth-order valence-corrected chi connectivity index (χ4v) is 2.58. The van der Waals surface area contributed by atoms with E-state index in [0.717, 1.165) is 28.9 Å². The van der Waals surface area contributed by atoms with Crippen LogP contribution in [-0.4, -0.2) is 24.3 Å². The number of alkyl carbamates (subject to hydrolysis) is 1. The second kappa shape index (κ2) is 14.1. The number of carbonyl (C=O) groups excluding carboxylic acids is 1. The van der Waals surface area contributed by atoms with E-state index in [2.05, 4.69) is 17.2 Å². The molecule has 0 spiro atoms. The summed E-state index contributed by atoms with van der Waals surface area (Å²) in [5, 5.41) is 2.86. The van der Waals surface area contributed by atoms with E-state index in [0.29, 0.717) is 6.61 Å². The van der Waals surface area contributed by atoms with E-state index in [1.165, 1.54) is 0 Å². The zero-order valence-electron chi connectivity index (χ0n) is 19.3. The van der Waals surface area contributed by atoms with Crippen LogP contribution in [0, 0.1) is 11.8 Å². The smallest absolute Gasteiger partial charge is 0.407 e. The van der Waals surface area contributed by atoms with Gasteiger partial charge in [0.05, 0.1) is 6.61 Å². The van der Waals surface area contributed by atoms with Gasteiger partial charge < -0.3 is 14.8 Å². The highest BCUT2D eigenvalue weighted by Crippen LogP contribution is 2.12. The molecular weight excluding hydrogens is 386 g/mol. The maximum atomic E-state index is 11.8. The van der Waals surface area contributed by atoms with Gasteiger partial charge in [0.1, 0.15) is 11.4 Å². The first kappa shape index (κ1) is 28.1. The summed E-state index contributed by atoms with van der Waals surface area (Å²) in [5.74, 6) is 7.18. The van der Waals surface area contributed by atoms with Gasteiger partial charge >= 0.3 is 6.09 Å². The molecule has 0 fully saturated rings. The molecule has 0 aliphatic carbocycles. The lowest BCUT2D eigenvalue weighted by atomic mass is 10.1. The second-order valence-corrected chi connectivity index (χ2v) is 7.66. The van der Waals surface area contributed by atoms with Crippen molar-refractivity contribution >= 4 is 6.09 Å². The van der Waals surface area contributed by atoms with Gasteiger partial charge in [0.2, 0.25) is 0 Å². The van der Waals surface area contributed by atoms with Crippen LogP contribution >= 0.6 is 0 Å². The highest BCUT2D eigenvalue weighted by atomic mass is 16.6. The molecule has 4 heteroatoms. The van der Waals surface area contributed by atoms with Crippen molar-refractivity contribution in [2.24, 2.45) is 0 Å². The van der Waals surface area contributed by atoms with Crippen LogP contribution in [0.25, 0.3) is 0 Å². The molecule has 2 aromatic carbocycles. The third-order valence-corrected chi connectivity index (χ3v) is 3.78. The maximum Gasteiger partial charge on any atom is 0.407 e. The van der Waals surface area contributed by atoms with Crippen molar-refractivity contribution in [1.82, 2.24) is 5.32 Å². The predicted octanol–water partition coefficient (Wildman–Crippen LogP) is 6.60. The van der Waals surface area contributed by atoms with Crippen LogP contribution in [0.15, 0.2) is 48.5 Å². The zero-order valence-corrected chi connectivity index (χ0v) is 19.3. The van der Waals surface area contributed by atoms with Gasteiger partial charge in [-0.1, -0.05) is 45.2 Å². The van der Waals surface area contributed by atoms with Crippen LogP contribution in [0.2, 0.25) is 0 Å². The van der Waals surface area contributed by atoms with Gasteiger partial charge in [0, 0.05) is 17.2 Å².